The number of hydrogen-bond acceptors (Lipinski definition) is 2. The molecule has 1 amide bonds. The van der Waals surface area contributed by atoms with Gasteiger partial charge >= 0.3 is 0 Å². The lowest BCUT2D eigenvalue weighted by Gasteiger charge is -2.22. The Morgan fingerprint density at radius 3 is 2.63 bits per heavy atom. The second-order valence-corrected chi connectivity index (χ2v) is 5.51. The van der Waals surface area contributed by atoms with E-state index in [1.807, 2.05) is 6.92 Å². The van der Waals surface area contributed by atoms with Crippen LogP contribution in [0.15, 0.2) is 18.2 Å². The van der Waals surface area contributed by atoms with E-state index in [0.717, 1.165) is 11.1 Å². The summed E-state index contributed by atoms with van der Waals surface area (Å²) in [5, 5.41) is 2.79. The zero-order chi connectivity index (χ0) is 14.6. The summed E-state index contributed by atoms with van der Waals surface area (Å²) >= 11 is 4.86. The SMILES string of the molecule is Cc1cc(F)ccc1CCNC(=O)C(C)(C)C(N)=S. The molecule has 19 heavy (non-hydrogen) atoms. The fraction of sp³-hybridized carbons (Fsp3) is 0.429. The highest BCUT2D eigenvalue weighted by Gasteiger charge is 2.30. The maximum absolute atomic E-state index is 12.9. The van der Waals surface area contributed by atoms with Crippen molar-refractivity contribution in [2.24, 2.45) is 11.1 Å². The molecule has 1 aromatic rings. The molecule has 0 aliphatic heterocycles. The molecule has 5 heteroatoms. The van der Waals surface area contributed by atoms with Gasteiger partial charge in [-0.25, -0.2) is 4.39 Å². The molecule has 0 bridgehead atoms. The van der Waals surface area contributed by atoms with Crippen LogP contribution in [-0.4, -0.2) is 17.4 Å². The number of carbonyl (C=O) groups excluding carboxylic acids is 1. The van der Waals surface area contributed by atoms with Crippen molar-refractivity contribution in [3.63, 3.8) is 0 Å². The van der Waals surface area contributed by atoms with Gasteiger partial charge in [-0.2, -0.15) is 0 Å². The fourth-order valence-corrected chi connectivity index (χ4v) is 1.68. The molecule has 0 unspecified atom stereocenters. The number of halogens is 1. The highest BCUT2D eigenvalue weighted by Crippen LogP contribution is 2.15. The number of hydrogen-bond donors (Lipinski definition) is 2. The molecule has 1 rings (SSSR count). The molecule has 3 nitrogen and oxygen atoms in total. The molecule has 0 saturated heterocycles. The third-order valence-corrected chi connectivity index (χ3v) is 3.68. The number of rotatable bonds is 5. The Balaban J connectivity index is 2.55. The standard InChI is InChI=1S/C14H19FN2OS/c1-9-8-11(15)5-4-10(9)6-7-17-13(18)14(2,3)12(16)19/h4-5,8H,6-7H2,1-3H3,(H2,16,19)(H,17,18). The minimum atomic E-state index is -0.854. The molecule has 0 atom stereocenters. The van der Waals surface area contributed by atoms with Crippen molar-refractivity contribution in [1.29, 1.82) is 0 Å². The van der Waals surface area contributed by atoms with E-state index in [4.69, 9.17) is 18.0 Å². The summed E-state index contributed by atoms with van der Waals surface area (Å²) in [5.41, 5.74) is 6.56. The van der Waals surface area contributed by atoms with Gasteiger partial charge in [0.2, 0.25) is 5.91 Å². The van der Waals surface area contributed by atoms with E-state index in [-0.39, 0.29) is 16.7 Å². The minimum Gasteiger partial charge on any atom is -0.392 e. The van der Waals surface area contributed by atoms with Gasteiger partial charge in [-0.15, -0.1) is 0 Å². The van der Waals surface area contributed by atoms with Crippen LogP contribution in [0.25, 0.3) is 0 Å². The summed E-state index contributed by atoms with van der Waals surface area (Å²) < 4.78 is 12.9. The first-order valence-corrected chi connectivity index (χ1v) is 6.49. The average molecular weight is 282 g/mol. The van der Waals surface area contributed by atoms with Crippen molar-refractivity contribution < 1.29 is 9.18 Å². The van der Waals surface area contributed by atoms with Crippen molar-refractivity contribution in [2.45, 2.75) is 27.2 Å². The van der Waals surface area contributed by atoms with Gasteiger partial charge in [0.05, 0.1) is 10.4 Å². The second-order valence-electron chi connectivity index (χ2n) is 5.07. The third kappa shape index (κ3) is 3.99. The molecule has 0 aliphatic rings. The van der Waals surface area contributed by atoms with Crippen molar-refractivity contribution in [3.8, 4) is 0 Å². The quantitative estimate of drug-likeness (QED) is 0.813. The number of nitrogens with two attached hydrogens (primary N) is 1. The lowest BCUT2D eigenvalue weighted by Crippen LogP contribution is -2.45. The third-order valence-electron chi connectivity index (χ3n) is 3.17. The summed E-state index contributed by atoms with van der Waals surface area (Å²) in [6, 6.07) is 4.63. The van der Waals surface area contributed by atoms with E-state index < -0.39 is 5.41 Å². The monoisotopic (exact) mass is 282 g/mol. The van der Waals surface area contributed by atoms with Gasteiger partial charge in [-0.05, 0) is 50.5 Å². The first-order chi connectivity index (χ1) is 8.75. The largest absolute Gasteiger partial charge is 0.392 e. The van der Waals surface area contributed by atoms with Crippen LogP contribution in [0.3, 0.4) is 0 Å². The van der Waals surface area contributed by atoms with Crippen molar-refractivity contribution >= 4 is 23.1 Å². The highest BCUT2D eigenvalue weighted by atomic mass is 32.1. The number of aryl methyl sites for hydroxylation is 1. The van der Waals surface area contributed by atoms with Gasteiger partial charge in [0.1, 0.15) is 5.82 Å². The fourth-order valence-electron chi connectivity index (χ4n) is 1.58. The van der Waals surface area contributed by atoms with Crippen LogP contribution in [0.2, 0.25) is 0 Å². The smallest absolute Gasteiger partial charge is 0.232 e. The van der Waals surface area contributed by atoms with Gasteiger partial charge < -0.3 is 11.1 Å². The van der Waals surface area contributed by atoms with Crippen molar-refractivity contribution in [2.75, 3.05) is 6.54 Å². The van der Waals surface area contributed by atoms with Crippen LogP contribution in [0.1, 0.15) is 25.0 Å². The Kier molecular flexibility index (Phi) is 5.00. The maximum atomic E-state index is 12.9. The van der Waals surface area contributed by atoms with Gasteiger partial charge in [-0.1, -0.05) is 18.3 Å². The number of thiocarbonyl (C=S) groups is 1. The molecular weight excluding hydrogens is 263 g/mol. The van der Waals surface area contributed by atoms with Crippen LogP contribution in [0.5, 0.6) is 0 Å². The van der Waals surface area contributed by atoms with E-state index in [9.17, 15) is 9.18 Å². The zero-order valence-electron chi connectivity index (χ0n) is 11.4. The Morgan fingerprint density at radius 1 is 1.47 bits per heavy atom. The lowest BCUT2D eigenvalue weighted by molar-refractivity contribution is -0.126. The first kappa shape index (κ1) is 15.6. The molecule has 104 valence electrons. The minimum absolute atomic E-state index is 0.169. The molecular formula is C14H19FN2OS. The molecule has 1 aromatic carbocycles. The van der Waals surface area contributed by atoms with E-state index in [1.165, 1.54) is 12.1 Å². The predicted molar refractivity (Wildman–Crippen MR) is 78.4 cm³/mol. The second kappa shape index (κ2) is 6.10. The molecule has 0 aromatic heterocycles. The topological polar surface area (TPSA) is 55.1 Å². The number of carbonyl (C=O) groups is 1. The molecule has 0 heterocycles. The van der Waals surface area contributed by atoms with Crippen LogP contribution < -0.4 is 11.1 Å². The summed E-state index contributed by atoms with van der Waals surface area (Å²) in [6.45, 7) is 5.69. The first-order valence-electron chi connectivity index (χ1n) is 6.08. The molecule has 3 N–H and O–H groups in total. The predicted octanol–water partition coefficient (Wildman–Crippen LogP) is 2.11. The zero-order valence-corrected chi connectivity index (χ0v) is 12.2. The molecule has 0 radical (unpaired) electrons. The van der Waals surface area contributed by atoms with E-state index in [0.29, 0.717) is 13.0 Å². The van der Waals surface area contributed by atoms with Gasteiger partial charge in [0.25, 0.3) is 0 Å². The molecule has 0 spiro atoms. The number of benzene rings is 1. The summed E-state index contributed by atoms with van der Waals surface area (Å²) in [6.07, 6.45) is 0.644. The summed E-state index contributed by atoms with van der Waals surface area (Å²) in [5.74, 6) is -0.445. The highest BCUT2D eigenvalue weighted by molar-refractivity contribution is 7.80. The Hall–Kier alpha value is -1.49. The Labute approximate surface area is 118 Å². The van der Waals surface area contributed by atoms with Crippen molar-refractivity contribution in [1.82, 2.24) is 5.32 Å². The van der Waals surface area contributed by atoms with Crippen molar-refractivity contribution in [3.05, 3.63) is 35.1 Å². The van der Waals surface area contributed by atoms with Crippen LogP contribution in [0.4, 0.5) is 4.39 Å². The maximum Gasteiger partial charge on any atom is 0.232 e. The average Bonchev–Trinajstić information content (AvgIpc) is 2.31. The number of nitrogens with one attached hydrogen (secondary N) is 1. The molecule has 0 aliphatic carbocycles. The Morgan fingerprint density at radius 2 is 2.11 bits per heavy atom. The lowest BCUT2D eigenvalue weighted by atomic mass is 9.92. The van der Waals surface area contributed by atoms with E-state index in [1.54, 1.807) is 19.9 Å². The van der Waals surface area contributed by atoms with Crippen LogP contribution >= 0.6 is 12.2 Å². The normalized spacial score (nSPS) is 11.2. The molecule has 0 saturated carbocycles. The van der Waals surface area contributed by atoms with Crippen LogP contribution in [0, 0.1) is 18.2 Å². The van der Waals surface area contributed by atoms with Crippen LogP contribution in [-0.2, 0) is 11.2 Å². The van der Waals surface area contributed by atoms with E-state index >= 15 is 0 Å². The van der Waals surface area contributed by atoms with Gasteiger partial charge in [0, 0.05) is 6.54 Å². The number of amides is 1. The summed E-state index contributed by atoms with van der Waals surface area (Å²) in [7, 11) is 0. The summed E-state index contributed by atoms with van der Waals surface area (Å²) in [4.78, 5) is 12.1. The molecule has 0 fully saturated rings. The Bertz CT molecular complexity index is 500. The van der Waals surface area contributed by atoms with E-state index in [2.05, 4.69) is 5.32 Å². The van der Waals surface area contributed by atoms with Gasteiger partial charge in [0.15, 0.2) is 0 Å². The van der Waals surface area contributed by atoms with Gasteiger partial charge in [-0.3, -0.25) is 4.79 Å².